The van der Waals surface area contributed by atoms with Crippen LogP contribution in [0.5, 0.6) is 0 Å². The van der Waals surface area contributed by atoms with Gasteiger partial charge in [-0.15, -0.1) is 0 Å². The Bertz CT molecular complexity index is 401. The summed E-state index contributed by atoms with van der Waals surface area (Å²) in [6.07, 6.45) is -2.05. The lowest BCUT2D eigenvalue weighted by atomic mass is 9.38. The Morgan fingerprint density at radius 1 is 1.27 bits per heavy atom. The second kappa shape index (κ2) is 7.09. The number of rotatable bonds is 6. The second-order valence-corrected chi connectivity index (χ2v) is 8.23. The summed E-state index contributed by atoms with van der Waals surface area (Å²) in [7, 11) is 0. The summed E-state index contributed by atoms with van der Waals surface area (Å²) in [5.74, 6) is 0.438. The Kier molecular flexibility index (Phi) is 5.82. The van der Waals surface area contributed by atoms with Gasteiger partial charge in [0.1, 0.15) is 12.2 Å². The summed E-state index contributed by atoms with van der Waals surface area (Å²) < 4.78 is 11.7. The van der Waals surface area contributed by atoms with Crippen LogP contribution in [0.15, 0.2) is 0 Å². The van der Waals surface area contributed by atoms with Crippen molar-refractivity contribution in [2.24, 2.45) is 0 Å². The van der Waals surface area contributed by atoms with Crippen LogP contribution < -0.4 is 0 Å². The molecule has 3 N–H and O–H groups in total. The minimum absolute atomic E-state index is 0.0810. The third-order valence-corrected chi connectivity index (χ3v) is 5.28. The molecule has 0 aromatic carbocycles. The van der Waals surface area contributed by atoms with Crippen molar-refractivity contribution in [2.75, 3.05) is 11.5 Å². The molecule has 0 aromatic heterocycles. The van der Waals surface area contributed by atoms with Crippen molar-refractivity contribution in [1.29, 1.82) is 0 Å². The van der Waals surface area contributed by atoms with Crippen LogP contribution >= 0.6 is 11.8 Å². The number of hydrogen-bond donors (Lipinski definition) is 3. The number of fused-ring (bicyclic) bond motifs is 1. The zero-order valence-corrected chi connectivity index (χ0v) is 14.1. The van der Waals surface area contributed by atoms with Gasteiger partial charge in [-0.1, -0.05) is 20.8 Å². The maximum atomic E-state index is 10.5. The van der Waals surface area contributed by atoms with Crippen LogP contribution in [0, 0.1) is 0 Å². The van der Waals surface area contributed by atoms with E-state index in [9.17, 15) is 15.0 Å². The number of ether oxygens (including phenoxy) is 1. The van der Waals surface area contributed by atoms with E-state index in [-0.39, 0.29) is 24.7 Å². The van der Waals surface area contributed by atoms with Gasteiger partial charge in [-0.3, -0.25) is 4.79 Å². The molecule has 2 rings (SSSR count). The van der Waals surface area contributed by atoms with E-state index in [0.29, 0.717) is 17.9 Å². The van der Waals surface area contributed by atoms with Gasteiger partial charge < -0.3 is 24.7 Å². The highest BCUT2D eigenvalue weighted by atomic mass is 32.2. The molecule has 0 amide bonds. The normalized spacial score (nSPS) is 35.0. The topological polar surface area (TPSA) is 96.2 Å². The van der Waals surface area contributed by atoms with Crippen molar-refractivity contribution in [1.82, 2.24) is 0 Å². The van der Waals surface area contributed by atoms with Crippen molar-refractivity contribution in [3.8, 4) is 0 Å². The summed E-state index contributed by atoms with van der Waals surface area (Å²) in [6, 6.07) is -0.192. The largest absolute Gasteiger partial charge is 0.481 e. The third-order valence-electron chi connectivity index (χ3n) is 4.14. The molecule has 2 fully saturated rings. The molecule has 2 aliphatic heterocycles. The van der Waals surface area contributed by atoms with E-state index in [2.05, 4.69) is 20.8 Å². The maximum Gasteiger partial charge on any atom is 0.331 e. The lowest BCUT2D eigenvalue weighted by Gasteiger charge is -2.55. The summed E-state index contributed by atoms with van der Waals surface area (Å²) in [5.41, 5.74) is 0. The average Bonchev–Trinajstić information content (AvgIpc) is 2.36. The van der Waals surface area contributed by atoms with Crippen LogP contribution in [-0.4, -0.2) is 70.1 Å². The lowest BCUT2D eigenvalue weighted by molar-refractivity contribution is -0.221. The van der Waals surface area contributed by atoms with E-state index >= 15 is 0 Å². The fourth-order valence-electron chi connectivity index (χ4n) is 2.89. The quantitative estimate of drug-likeness (QED) is 0.489. The minimum Gasteiger partial charge on any atom is -0.481 e. The molecule has 8 heteroatoms. The number of aliphatic carboxylic acids is 1. The first-order valence-corrected chi connectivity index (χ1v) is 8.84. The van der Waals surface area contributed by atoms with Crippen LogP contribution in [0.25, 0.3) is 0 Å². The zero-order chi connectivity index (χ0) is 16.5. The van der Waals surface area contributed by atoms with E-state index in [0.717, 1.165) is 0 Å². The van der Waals surface area contributed by atoms with Gasteiger partial charge in [0, 0.05) is 12.2 Å². The molecule has 2 aliphatic rings. The van der Waals surface area contributed by atoms with Gasteiger partial charge in [0.2, 0.25) is 0 Å². The number of thioether (sulfide) groups is 1. The molecule has 0 saturated carbocycles. The monoisotopic (exact) mass is 332 g/mol. The molecule has 22 heavy (non-hydrogen) atoms. The Morgan fingerprint density at radius 2 is 1.95 bits per heavy atom. The zero-order valence-electron chi connectivity index (χ0n) is 13.3. The van der Waals surface area contributed by atoms with Gasteiger partial charge in [-0.2, -0.15) is 11.8 Å². The van der Waals surface area contributed by atoms with E-state index in [1.54, 1.807) is 11.8 Å². The van der Waals surface area contributed by atoms with Gasteiger partial charge in [0.25, 0.3) is 0 Å². The first-order valence-electron chi connectivity index (χ1n) is 7.68. The second-order valence-electron chi connectivity index (χ2n) is 7.08. The first-order chi connectivity index (χ1) is 10.2. The van der Waals surface area contributed by atoms with Gasteiger partial charge in [0.05, 0.1) is 18.2 Å². The molecule has 0 radical (unpaired) electrons. The Morgan fingerprint density at radius 3 is 2.55 bits per heavy atom. The summed E-state index contributed by atoms with van der Waals surface area (Å²) >= 11 is 1.54. The van der Waals surface area contributed by atoms with Crippen molar-refractivity contribution >= 4 is 24.6 Å². The third kappa shape index (κ3) is 3.97. The molecular formula is C14H25BO6S. The molecule has 5 unspecified atom stereocenters. The molecule has 0 bridgehead atoms. The predicted octanol–water partition coefficient (Wildman–Crippen LogP) is 0.803. The average molecular weight is 332 g/mol. The first kappa shape index (κ1) is 18.1. The van der Waals surface area contributed by atoms with Crippen LogP contribution in [0.1, 0.15) is 33.6 Å². The highest BCUT2D eigenvalue weighted by molar-refractivity contribution is 7.99. The summed E-state index contributed by atoms with van der Waals surface area (Å²) in [6.45, 7) is 6.10. The SMILES string of the molecule is CC(C)(C)B1OC2C1OC(CSCCCC(=O)O)C(O)C2O. The highest BCUT2D eigenvalue weighted by Crippen LogP contribution is 2.43. The number of carbonyl (C=O) groups is 1. The summed E-state index contributed by atoms with van der Waals surface area (Å²) in [4.78, 5) is 10.5. The van der Waals surface area contributed by atoms with Crippen molar-refractivity contribution < 1.29 is 29.5 Å². The Balaban J connectivity index is 1.82. The number of carboxylic acids is 1. The molecule has 126 valence electrons. The van der Waals surface area contributed by atoms with Crippen molar-refractivity contribution in [3.05, 3.63) is 0 Å². The molecule has 0 aliphatic carbocycles. The molecule has 0 spiro atoms. The smallest absolute Gasteiger partial charge is 0.331 e. The van der Waals surface area contributed by atoms with Crippen molar-refractivity contribution in [3.63, 3.8) is 0 Å². The van der Waals surface area contributed by atoms with E-state index in [1.165, 1.54) is 0 Å². The van der Waals surface area contributed by atoms with Gasteiger partial charge in [-0.05, 0) is 17.5 Å². The molecule has 5 atom stereocenters. The molecular weight excluding hydrogens is 307 g/mol. The number of aliphatic hydroxyl groups excluding tert-OH is 2. The number of hydrogen-bond acceptors (Lipinski definition) is 6. The molecule has 2 heterocycles. The van der Waals surface area contributed by atoms with Crippen LogP contribution in [0.2, 0.25) is 5.31 Å². The van der Waals surface area contributed by atoms with Crippen LogP contribution in [0.3, 0.4) is 0 Å². The Hall–Kier alpha value is -0.275. The van der Waals surface area contributed by atoms with E-state index < -0.39 is 30.4 Å². The number of aliphatic hydroxyl groups is 2. The van der Waals surface area contributed by atoms with Gasteiger partial charge in [-0.25, -0.2) is 0 Å². The molecule has 2 saturated heterocycles. The molecule has 6 nitrogen and oxygen atoms in total. The van der Waals surface area contributed by atoms with E-state index in [1.807, 2.05) is 0 Å². The van der Waals surface area contributed by atoms with Crippen LogP contribution in [-0.2, 0) is 14.2 Å². The fraction of sp³-hybridized carbons (Fsp3) is 0.929. The van der Waals surface area contributed by atoms with Crippen LogP contribution in [0.4, 0.5) is 0 Å². The predicted molar refractivity (Wildman–Crippen MR) is 85.2 cm³/mol. The summed E-state index contributed by atoms with van der Waals surface area (Å²) in [5, 5.41) is 28.8. The fourth-order valence-corrected chi connectivity index (χ4v) is 3.91. The van der Waals surface area contributed by atoms with Crippen molar-refractivity contribution in [2.45, 2.75) is 69.3 Å². The Labute approximate surface area is 135 Å². The maximum absolute atomic E-state index is 10.5. The van der Waals surface area contributed by atoms with E-state index in [4.69, 9.17) is 14.5 Å². The minimum atomic E-state index is -0.964. The standard InChI is InChI=1S/C14H25BO6S/c1-14(2,3)15-13-12(21-15)11(19)10(18)8(20-13)7-22-6-4-5-9(16)17/h8,10-13,18-19H,4-7H2,1-3H3,(H,16,17). The number of carboxylic acid groups (broad SMARTS) is 1. The van der Waals surface area contributed by atoms with Gasteiger partial charge >= 0.3 is 12.9 Å². The highest BCUT2D eigenvalue weighted by Gasteiger charge is 2.60. The molecule has 0 aromatic rings. The lowest BCUT2D eigenvalue weighted by Crippen LogP contribution is -2.73. The van der Waals surface area contributed by atoms with Gasteiger partial charge in [0.15, 0.2) is 0 Å².